The Morgan fingerprint density at radius 1 is 1.23 bits per heavy atom. The molecule has 3 aliphatic rings. The highest BCUT2D eigenvalue weighted by atomic mass is 16.6. The summed E-state index contributed by atoms with van der Waals surface area (Å²) in [6.07, 6.45) is 4.53. The number of pyridine rings is 1. The van der Waals surface area contributed by atoms with Gasteiger partial charge in [-0.1, -0.05) is 13.3 Å². The summed E-state index contributed by atoms with van der Waals surface area (Å²) in [5.41, 5.74) is 1.93. The van der Waals surface area contributed by atoms with Crippen LogP contribution in [0.25, 0.3) is 10.9 Å². The number of fused-ring (bicyclic) bond motifs is 4. The number of rotatable bonds is 7. The van der Waals surface area contributed by atoms with Crippen molar-refractivity contribution >= 4 is 22.6 Å². The first-order valence-corrected chi connectivity index (χ1v) is 12.1. The molecule has 0 amide bonds. The van der Waals surface area contributed by atoms with Gasteiger partial charge in [-0.05, 0) is 67.6 Å². The SMILES string of the molecule is CC[C@H]1CN2CC[C@H]1C[C@@H]2[C@@H](OC(=O)c1ccc([N+](=O)[O-])cc1)c1ccnc2ccc(OC)cc12. The third-order valence-electron chi connectivity index (χ3n) is 7.65. The molecule has 3 saturated heterocycles. The lowest BCUT2D eigenvalue weighted by Crippen LogP contribution is -2.55. The van der Waals surface area contributed by atoms with Crippen molar-refractivity contribution in [3.05, 3.63) is 76.0 Å². The maximum Gasteiger partial charge on any atom is 0.338 e. The fourth-order valence-electron chi connectivity index (χ4n) is 5.73. The van der Waals surface area contributed by atoms with E-state index in [0.29, 0.717) is 23.1 Å². The van der Waals surface area contributed by atoms with E-state index in [9.17, 15) is 14.9 Å². The maximum atomic E-state index is 13.3. The smallest absolute Gasteiger partial charge is 0.338 e. The lowest BCUT2D eigenvalue weighted by atomic mass is 9.72. The number of benzene rings is 2. The number of methoxy groups -OCH3 is 1. The predicted molar refractivity (Wildman–Crippen MR) is 131 cm³/mol. The van der Waals surface area contributed by atoms with E-state index in [1.54, 1.807) is 13.3 Å². The molecule has 3 fully saturated rings. The van der Waals surface area contributed by atoms with Crippen molar-refractivity contribution in [1.82, 2.24) is 9.88 Å². The minimum atomic E-state index is -0.504. The Labute approximate surface area is 204 Å². The van der Waals surface area contributed by atoms with Gasteiger partial charge >= 0.3 is 5.97 Å². The van der Waals surface area contributed by atoms with Crippen LogP contribution in [0.2, 0.25) is 0 Å². The molecule has 3 aromatic rings. The largest absolute Gasteiger partial charge is 0.497 e. The summed E-state index contributed by atoms with van der Waals surface area (Å²) in [7, 11) is 1.62. The summed E-state index contributed by atoms with van der Waals surface area (Å²) < 4.78 is 11.7. The standard InChI is InChI=1S/C27H29N3O5/c1-3-17-16-29-13-11-19(17)14-25(29)26(35-27(31)18-4-6-20(7-5-18)30(32)33)22-10-12-28-24-9-8-21(34-2)15-23(22)24/h4-10,12,15,17,19,25-26H,3,11,13-14,16H2,1-2H3/t17-,19-,25+,26-/m0/s1. The van der Waals surface area contributed by atoms with Gasteiger partial charge in [0.25, 0.3) is 5.69 Å². The van der Waals surface area contributed by atoms with Gasteiger partial charge in [-0.25, -0.2) is 4.79 Å². The number of piperidine rings is 3. The minimum Gasteiger partial charge on any atom is -0.497 e. The van der Waals surface area contributed by atoms with Gasteiger partial charge in [0.05, 0.1) is 29.2 Å². The maximum absolute atomic E-state index is 13.3. The monoisotopic (exact) mass is 475 g/mol. The molecule has 8 nitrogen and oxygen atoms in total. The lowest BCUT2D eigenvalue weighted by Gasteiger charge is -2.51. The molecule has 35 heavy (non-hydrogen) atoms. The van der Waals surface area contributed by atoms with Gasteiger partial charge in [-0.3, -0.25) is 20.0 Å². The Bertz CT molecular complexity index is 1250. The van der Waals surface area contributed by atoms with E-state index in [2.05, 4.69) is 16.8 Å². The molecule has 1 aromatic heterocycles. The molecule has 0 N–H and O–H groups in total. The van der Waals surface area contributed by atoms with E-state index < -0.39 is 17.0 Å². The first-order valence-electron chi connectivity index (χ1n) is 12.1. The van der Waals surface area contributed by atoms with Crippen LogP contribution in [0.1, 0.15) is 48.2 Å². The van der Waals surface area contributed by atoms with Gasteiger partial charge in [-0.15, -0.1) is 0 Å². The predicted octanol–water partition coefficient (Wildman–Crippen LogP) is 5.17. The van der Waals surface area contributed by atoms with Gasteiger partial charge in [0.2, 0.25) is 0 Å². The van der Waals surface area contributed by atoms with Gasteiger partial charge < -0.3 is 9.47 Å². The van der Waals surface area contributed by atoms with E-state index in [4.69, 9.17) is 9.47 Å². The van der Waals surface area contributed by atoms with Gasteiger partial charge in [-0.2, -0.15) is 0 Å². The Kier molecular flexibility index (Phi) is 6.38. The van der Waals surface area contributed by atoms with E-state index in [1.165, 1.54) is 30.7 Å². The molecule has 1 unspecified atom stereocenters. The topological polar surface area (TPSA) is 94.8 Å². The summed E-state index contributed by atoms with van der Waals surface area (Å²) in [5.74, 6) is 1.50. The van der Waals surface area contributed by atoms with Crippen molar-refractivity contribution in [3.63, 3.8) is 0 Å². The number of nitro groups is 1. The van der Waals surface area contributed by atoms with Crippen molar-refractivity contribution in [2.75, 3.05) is 20.2 Å². The molecule has 2 aromatic carbocycles. The second-order valence-corrected chi connectivity index (χ2v) is 9.43. The average molecular weight is 476 g/mol. The number of nitro benzene ring substituents is 1. The molecular weight excluding hydrogens is 446 g/mol. The molecule has 0 spiro atoms. The average Bonchev–Trinajstić information content (AvgIpc) is 2.91. The number of carbonyl (C=O) groups is 1. The quantitative estimate of drug-likeness (QED) is 0.264. The molecule has 4 heterocycles. The second-order valence-electron chi connectivity index (χ2n) is 9.43. The van der Waals surface area contributed by atoms with Crippen LogP contribution in [-0.4, -0.2) is 47.0 Å². The molecule has 2 bridgehead atoms. The number of nitrogens with zero attached hydrogens (tertiary/aromatic N) is 3. The lowest BCUT2D eigenvalue weighted by molar-refractivity contribution is -0.384. The number of aromatic nitrogens is 1. The number of hydrogen-bond donors (Lipinski definition) is 0. The van der Waals surface area contributed by atoms with Gasteiger partial charge in [0, 0.05) is 35.8 Å². The summed E-state index contributed by atoms with van der Waals surface area (Å²) in [6.45, 7) is 4.24. The number of non-ortho nitro benzene ring substituents is 1. The summed E-state index contributed by atoms with van der Waals surface area (Å²) >= 11 is 0. The molecule has 5 atom stereocenters. The molecular formula is C27H29N3O5. The van der Waals surface area contributed by atoms with Crippen LogP contribution in [0.5, 0.6) is 5.75 Å². The van der Waals surface area contributed by atoms with Crippen molar-refractivity contribution in [3.8, 4) is 5.75 Å². The van der Waals surface area contributed by atoms with Crippen LogP contribution in [0.15, 0.2) is 54.7 Å². The second kappa shape index (κ2) is 9.62. The van der Waals surface area contributed by atoms with E-state index in [-0.39, 0.29) is 11.7 Å². The highest BCUT2D eigenvalue weighted by Crippen LogP contribution is 2.44. The highest BCUT2D eigenvalue weighted by Gasteiger charge is 2.44. The molecule has 0 aliphatic carbocycles. The van der Waals surface area contributed by atoms with E-state index in [1.807, 2.05) is 24.3 Å². The Morgan fingerprint density at radius 3 is 2.69 bits per heavy atom. The Morgan fingerprint density at radius 2 is 2.03 bits per heavy atom. The van der Waals surface area contributed by atoms with Crippen LogP contribution in [0, 0.1) is 22.0 Å². The Hall–Kier alpha value is -3.52. The van der Waals surface area contributed by atoms with Crippen molar-refractivity contribution in [2.45, 2.75) is 38.3 Å². The van der Waals surface area contributed by atoms with Gasteiger partial charge in [0.15, 0.2) is 0 Å². The fourth-order valence-corrected chi connectivity index (χ4v) is 5.73. The highest BCUT2D eigenvalue weighted by molar-refractivity contribution is 5.90. The summed E-state index contributed by atoms with van der Waals surface area (Å²) in [6, 6.07) is 13.3. The van der Waals surface area contributed by atoms with E-state index in [0.717, 1.165) is 42.4 Å². The van der Waals surface area contributed by atoms with Crippen molar-refractivity contribution in [1.29, 1.82) is 0 Å². The zero-order chi connectivity index (χ0) is 24.5. The van der Waals surface area contributed by atoms with Crippen LogP contribution >= 0.6 is 0 Å². The fraction of sp³-hybridized carbons (Fsp3) is 0.407. The molecule has 8 heteroatoms. The van der Waals surface area contributed by atoms with Crippen molar-refractivity contribution < 1.29 is 19.2 Å². The van der Waals surface area contributed by atoms with Gasteiger partial charge in [0.1, 0.15) is 11.9 Å². The molecule has 0 radical (unpaired) electrons. The van der Waals surface area contributed by atoms with Crippen LogP contribution < -0.4 is 4.74 Å². The number of ether oxygens (including phenoxy) is 2. The molecule has 6 rings (SSSR count). The number of hydrogen-bond acceptors (Lipinski definition) is 7. The number of esters is 1. The number of carbonyl (C=O) groups excluding carboxylic acids is 1. The third-order valence-corrected chi connectivity index (χ3v) is 7.65. The van der Waals surface area contributed by atoms with Crippen LogP contribution in [0.3, 0.4) is 0 Å². The first kappa shape index (κ1) is 23.2. The van der Waals surface area contributed by atoms with E-state index >= 15 is 0 Å². The minimum absolute atomic E-state index is 0.0512. The van der Waals surface area contributed by atoms with Crippen LogP contribution in [-0.2, 0) is 4.74 Å². The first-order chi connectivity index (χ1) is 17.0. The molecule has 182 valence electrons. The normalized spacial score (nSPS) is 24.2. The van der Waals surface area contributed by atoms with Crippen LogP contribution in [0.4, 0.5) is 5.69 Å². The molecule has 3 aliphatic heterocycles. The summed E-state index contributed by atoms with van der Waals surface area (Å²) in [4.78, 5) is 30.8. The van der Waals surface area contributed by atoms with Crippen molar-refractivity contribution in [2.24, 2.45) is 11.8 Å². The zero-order valence-electron chi connectivity index (χ0n) is 19.9. The molecule has 0 saturated carbocycles. The Balaban J connectivity index is 1.53. The third kappa shape index (κ3) is 4.46. The zero-order valence-corrected chi connectivity index (χ0v) is 19.9. The summed E-state index contributed by atoms with van der Waals surface area (Å²) in [5, 5.41) is 11.9.